The third-order valence-electron chi connectivity index (χ3n) is 4.96. The summed E-state index contributed by atoms with van der Waals surface area (Å²) in [6, 6.07) is 5.85. The topological polar surface area (TPSA) is 83.6 Å². The minimum Gasteiger partial charge on any atom is -0.479 e. The second-order valence-electron chi connectivity index (χ2n) is 6.33. The highest BCUT2D eigenvalue weighted by molar-refractivity contribution is 5.89. The van der Waals surface area contributed by atoms with Gasteiger partial charge in [-0.25, -0.2) is 4.79 Å². The average molecular weight is 302 g/mol. The number of carboxylic acids is 1. The molecular formula is C17H22N2O3. The zero-order valence-electron chi connectivity index (χ0n) is 12.6. The highest BCUT2D eigenvalue weighted by Crippen LogP contribution is 2.35. The van der Waals surface area contributed by atoms with Crippen molar-refractivity contribution in [2.45, 2.75) is 50.7 Å². The van der Waals surface area contributed by atoms with Gasteiger partial charge in [-0.15, -0.1) is 0 Å². The molecule has 1 amide bonds. The zero-order chi connectivity index (χ0) is 15.7. The highest BCUT2D eigenvalue weighted by atomic mass is 16.4. The number of aliphatic carboxylic acids is 1. The van der Waals surface area contributed by atoms with E-state index in [1.165, 1.54) is 11.3 Å². The van der Waals surface area contributed by atoms with Gasteiger partial charge in [0.15, 0.2) is 6.04 Å². The third-order valence-corrected chi connectivity index (χ3v) is 4.96. The Balaban J connectivity index is 1.81. The lowest BCUT2D eigenvalue weighted by molar-refractivity contribution is -0.151. The minimum atomic E-state index is -0.992. The Morgan fingerprint density at radius 1 is 1.18 bits per heavy atom. The molecule has 1 aliphatic carbocycles. The van der Waals surface area contributed by atoms with Gasteiger partial charge in [0.2, 0.25) is 5.91 Å². The summed E-state index contributed by atoms with van der Waals surface area (Å²) < 4.78 is 0. The zero-order valence-corrected chi connectivity index (χ0v) is 12.6. The van der Waals surface area contributed by atoms with E-state index < -0.39 is 18.1 Å². The molecule has 5 heteroatoms. The van der Waals surface area contributed by atoms with Crippen LogP contribution in [0.2, 0.25) is 0 Å². The first-order valence-electron chi connectivity index (χ1n) is 7.96. The standard InChI is InChI=1S/C17H22N2O3/c18-14(11-6-2-1-3-7-11)16(20)19-10-12-8-4-5-9-13(12)15(19)17(21)22/h4-5,8-9,11,14-15H,1-3,6-7,10,18H2,(H,21,22)/t14?,15-/m0/s1. The molecule has 118 valence electrons. The maximum Gasteiger partial charge on any atom is 0.331 e. The minimum absolute atomic E-state index is 0.180. The Morgan fingerprint density at radius 3 is 2.55 bits per heavy atom. The summed E-state index contributed by atoms with van der Waals surface area (Å²) in [7, 11) is 0. The molecule has 0 bridgehead atoms. The first-order chi connectivity index (χ1) is 10.6. The molecule has 1 aromatic rings. The quantitative estimate of drug-likeness (QED) is 0.895. The molecule has 2 atom stereocenters. The summed E-state index contributed by atoms with van der Waals surface area (Å²) in [5, 5.41) is 9.54. The Morgan fingerprint density at radius 2 is 1.86 bits per heavy atom. The van der Waals surface area contributed by atoms with E-state index in [9.17, 15) is 14.7 Å². The highest BCUT2D eigenvalue weighted by Gasteiger charge is 2.41. The van der Waals surface area contributed by atoms with E-state index in [1.54, 1.807) is 6.07 Å². The monoisotopic (exact) mass is 302 g/mol. The normalized spacial score (nSPS) is 23.1. The van der Waals surface area contributed by atoms with Gasteiger partial charge in [-0.3, -0.25) is 4.79 Å². The van der Waals surface area contributed by atoms with E-state index in [2.05, 4.69) is 0 Å². The van der Waals surface area contributed by atoms with Gasteiger partial charge in [0, 0.05) is 6.54 Å². The van der Waals surface area contributed by atoms with E-state index in [1.807, 2.05) is 18.2 Å². The summed E-state index contributed by atoms with van der Waals surface area (Å²) in [6.07, 6.45) is 5.34. The first kappa shape index (κ1) is 15.0. The number of amides is 1. The lowest BCUT2D eigenvalue weighted by Gasteiger charge is -2.31. The van der Waals surface area contributed by atoms with Gasteiger partial charge in [-0.05, 0) is 29.9 Å². The van der Waals surface area contributed by atoms with Gasteiger partial charge in [0.05, 0.1) is 6.04 Å². The fraction of sp³-hybridized carbons (Fsp3) is 0.529. The van der Waals surface area contributed by atoms with Gasteiger partial charge in [-0.1, -0.05) is 43.5 Å². The van der Waals surface area contributed by atoms with Crippen LogP contribution in [0.4, 0.5) is 0 Å². The molecule has 5 nitrogen and oxygen atoms in total. The number of nitrogens with zero attached hydrogens (tertiary/aromatic N) is 1. The van der Waals surface area contributed by atoms with E-state index >= 15 is 0 Å². The van der Waals surface area contributed by atoms with E-state index in [4.69, 9.17) is 5.73 Å². The average Bonchev–Trinajstić information content (AvgIpc) is 2.94. The number of nitrogens with two attached hydrogens (primary N) is 1. The molecule has 1 heterocycles. The Hall–Kier alpha value is -1.88. The van der Waals surface area contributed by atoms with Crippen molar-refractivity contribution < 1.29 is 14.7 Å². The molecule has 3 N–H and O–H groups in total. The van der Waals surface area contributed by atoms with Crippen LogP contribution < -0.4 is 5.73 Å². The van der Waals surface area contributed by atoms with Gasteiger partial charge in [0.25, 0.3) is 0 Å². The molecule has 1 fully saturated rings. The third kappa shape index (κ3) is 2.61. The first-order valence-corrected chi connectivity index (χ1v) is 7.96. The number of carboxylic acid groups (broad SMARTS) is 1. The van der Waals surface area contributed by atoms with Gasteiger partial charge < -0.3 is 15.7 Å². The fourth-order valence-electron chi connectivity index (χ4n) is 3.75. The molecule has 2 aliphatic rings. The maximum absolute atomic E-state index is 12.8. The molecule has 1 aliphatic heterocycles. The smallest absolute Gasteiger partial charge is 0.331 e. The van der Waals surface area contributed by atoms with Crippen molar-refractivity contribution in [2.75, 3.05) is 0 Å². The van der Waals surface area contributed by atoms with Crippen molar-refractivity contribution in [3.63, 3.8) is 0 Å². The lowest BCUT2D eigenvalue weighted by atomic mass is 9.83. The summed E-state index contributed by atoms with van der Waals surface area (Å²) in [5.41, 5.74) is 7.79. The Labute approximate surface area is 130 Å². The molecular weight excluding hydrogens is 280 g/mol. The molecule has 0 aromatic heterocycles. The van der Waals surface area contributed by atoms with Crippen molar-refractivity contribution in [2.24, 2.45) is 11.7 Å². The predicted octanol–water partition coefficient (Wildman–Crippen LogP) is 2.06. The number of benzene rings is 1. The van der Waals surface area contributed by atoms with Crippen LogP contribution in [0.15, 0.2) is 24.3 Å². The van der Waals surface area contributed by atoms with Crippen molar-refractivity contribution in [3.8, 4) is 0 Å². The van der Waals surface area contributed by atoms with Crippen molar-refractivity contribution in [1.82, 2.24) is 4.90 Å². The summed E-state index contributed by atoms with van der Waals surface area (Å²) in [5.74, 6) is -1.04. The maximum atomic E-state index is 12.8. The van der Waals surface area contributed by atoms with Crippen LogP contribution in [-0.4, -0.2) is 27.9 Å². The van der Waals surface area contributed by atoms with E-state index in [0.717, 1.165) is 31.2 Å². The molecule has 0 radical (unpaired) electrons. The van der Waals surface area contributed by atoms with Gasteiger partial charge in [0.1, 0.15) is 0 Å². The van der Waals surface area contributed by atoms with E-state index in [0.29, 0.717) is 12.1 Å². The second-order valence-corrected chi connectivity index (χ2v) is 6.33. The van der Waals surface area contributed by atoms with E-state index in [-0.39, 0.29) is 11.8 Å². The number of rotatable bonds is 3. The van der Waals surface area contributed by atoms with Crippen LogP contribution >= 0.6 is 0 Å². The molecule has 3 rings (SSSR count). The number of carbonyl (C=O) groups excluding carboxylic acids is 1. The van der Waals surface area contributed by atoms with Crippen molar-refractivity contribution in [3.05, 3.63) is 35.4 Å². The summed E-state index contributed by atoms with van der Waals surface area (Å²) in [4.78, 5) is 25.8. The SMILES string of the molecule is NC(C(=O)N1Cc2ccccc2[C@H]1C(=O)O)C1CCCCC1. The van der Waals surface area contributed by atoms with Crippen molar-refractivity contribution in [1.29, 1.82) is 0 Å². The number of hydrogen-bond donors (Lipinski definition) is 2. The van der Waals surface area contributed by atoms with Crippen LogP contribution in [0.3, 0.4) is 0 Å². The molecule has 1 unspecified atom stereocenters. The summed E-state index contributed by atoms with van der Waals surface area (Å²) in [6.45, 7) is 0.340. The number of fused-ring (bicyclic) bond motifs is 1. The molecule has 0 saturated heterocycles. The number of hydrogen-bond acceptors (Lipinski definition) is 3. The fourth-order valence-corrected chi connectivity index (χ4v) is 3.75. The van der Waals surface area contributed by atoms with Crippen LogP contribution in [-0.2, 0) is 16.1 Å². The largest absolute Gasteiger partial charge is 0.479 e. The molecule has 0 spiro atoms. The van der Waals surface area contributed by atoms with Crippen molar-refractivity contribution >= 4 is 11.9 Å². The predicted molar refractivity (Wildman–Crippen MR) is 81.9 cm³/mol. The van der Waals surface area contributed by atoms with Crippen LogP contribution in [0, 0.1) is 5.92 Å². The van der Waals surface area contributed by atoms with Crippen LogP contribution in [0.1, 0.15) is 49.3 Å². The second kappa shape index (κ2) is 6.08. The Bertz CT molecular complexity index is 581. The van der Waals surface area contributed by atoms with Gasteiger partial charge >= 0.3 is 5.97 Å². The molecule has 1 saturated carbocycles. The lowest BCUT2D eigenvalue weighted by Crippen LogP contribution is -2.48. The Kier molecular flexibility index (Phi) is 4.16. The number of carbonyl (C=O) groups is 2. The molecule has 22 heavy (non-hydrogen) atoms. The van der Waals surface area contributed by atoms with Crippen LogP contribution in [0.25, 0.3) is 0 Å². The molecule has 1 aromatic carbocycles. The van der Waals surface area contributed by atoms with Crippen LogP contribution in [0.5, 0.6) is 0 Å². The van der Waals surface area contributed by atoms with Gasteiger partial charge in [-0.2, -0.15) is 0 Å². The summed E-state index contributed by atoms with van der Waals surface area (Å²) >= 11 is 0.